The largest absolute Gasteiger partial charge is 0.409 e. The van der Waals surface area contributed by atoms with E-state index in [1.807, 2.05) is 18.2 Å². The van der Waals surface area contributed by atoms with E-state index in [2.05, 4.69) is 15.8 Å². The Hall–Kier alpha value is -2.24. The lowest BCUT2D eigenvalue weighted by Gasteiger charge is -2.36. The van der Waals surface area contributed by atoms with Crippen molar-refractivity contribution >= 4 is 17.6 Å². The number of carbonyl (C=O) groups excluding carboxylic acids is 1. The molecule has 6 heteroatoms. The molecule has 0 aliphatic heterocycles. The van der Waals surface area contributed by atoms with Crippen molar-refractivity contribution in [2.45, 2.75) is 37.6 Å². The van der Waals surface area contributed by atoms with Gasteiger partial charge in [-0.25, -0.2) is 4.79 Å². The maximum absolute atomic E-state index is 12.1. The lowest BCUT2D eigenvalue weighted by Crippen LogP contribution is -2.59. The highest BCUT2D eigenvalue weighted by Gasteiger charge is 2.38. The second-order valence-corrected chi connectivity index (χ2v) is 5.07. The van der Waals surface area contributed by atoms with Gasteiger partial charge in [-0.3, -0.25) is 0 Å². The second kappa shape index (κ2) is 6.27. The summed E-state index contributed by atoms with van der Waals surface area (Å²) in [5.41, 5.74) is 5.74. The van der Waals surface area contributed by atoms with Crippen molar-refractivity contribution < 1.29 is 10.0 Å². The van der Waals surface area contributed by atoms with E-state index in [-0.39, 0.29) is 11.9 Å². The number of carbonyl (C=O) groups is 1. The zero-order valence-electron chi connectivity index (χ0n) is 11.3. The summed E-state index contributed by atoms with van der Waals surface area (Å²) in [7, 11) is 0. The molecule has 0 radical (unpaired) electrons. The third-order valence-electron chi connectivity index (χ3n) is 3.69. The number of hydrogen-bond acceptors (Lipinski definition) is 3. The minimum absolute atomic E-state index is 0.0698. The van der Waals surface area contributed by atoms with Crippen molar-refractivity contribution in [1.82, 2.24) is 5.32 Å². The maximum atomic E-state index is 12.1. The number of para-hydroxylation sites is 1. The fourth-order valence-corrected chi connectivity index (χ4v) is 2.60. The van der Waals surface area contributed by atoms with Crippen molar-refractivity contribution in [3.05, 3.63) is 30.3 Å². The summed E-state index contributed by atoms with van der Waals surface area (Å²) < 4.78 is 0. The predicted octanol–water partition coefficient (Wildman–Crippen LogP) is 2.26. The molecule has 20 heavy (non-hydrogen) atoms. The van der Waals surface area contributed by atoms with Crippen LogP contribution in [0, 0.1) is 0 Å². The third kappa shape index (κ3) is 3.20. The van der Waals surface area contributed by atoms with Crippen LogP contribution in [0.5, 0.6) is 0 Å². The predicted molar refractivity (Wildman–Crippen MR) is 77.8 cm³/mol. The van der Waals surface area contributed by atoms with E-state index >= 15 is 0 Å². The Kier molecular flexibility index (Phi) is 4.45. The molecule has 0 bridgehead atoms. The Labute approximate surface area is 118 Å². The number of amidine groups is 1. The van der Waals surface area contributed by atoms with Crippen LogP contribution in [-0.2, 0) is 0 Å². The molecule has 1 saturated carbocycles. The Morgan fingerprint density at radius 2 is 1.85 bits per heavy atom. The number of hydrogen-bond donors (Lipinski definition) is 4. The topological polar surface area (TPSA) is 99.7 Å². The minimum atomic E-state index is -0.744. The molecule has 0 unspecified atom stereocenters. The van der Waals surface area contributed by atoms with Crippen LogP contribution in [0.4, 0.5) is 10.5 Å². The smallest absolute Gasteiger partial charge is 0.320 e. The van der Waals surface area contributed by atoms with E-state index in [4.69, 9.17) is 10.9 Å². The number of nitrogens with one attached hydrogen (secondary N) is 2. The highest BCUT2D eigenvalue weighted by Crippen LogP contribution is 2.28. The Morgan fingerprint density at radius 1 is 1.20 bits per heavy atom. The molecular weight excluding hydrogens is 256 g/mol. The molecule has 2 amide bonds. The van der Waals surface area contributed by atoms with Crippen LogP contribution >= 0.6 is 0 Å². The molecule has 0 heterocycles. The van der Waals surface area contributed by atoms with E-state index < -0.39 is 5.54 Å². The number of benzene rings is 1. The fraction of sp³-hybridized carbons (Fsp3) is 0.429. The van der Waals surface area contributed by atoms with Gasteiger partial charge in [0.1, 0.15) is 5.54 Å². The highest BCUT2D eigenvalue weighted by molar-refractivity contribution is 5.97. The molecule has 0 aromatic heterocycles. The van der Waals surface area contributed by atoms with Crippen LogP contribution in [0.1, 0.15) is 32.1 Å². The van der Waals surface area contributed by atoms with Crippen molar-refractivity contribution in [3.63, 3.8) is 0 Å². The van der Waals surface area contributed by atoms with E-state index in [1.54, 1.807) is 12.1 Å². The summed E-state index contributed by atoms with van der Waals surface area (Å²) in [6.45, 7) is 0. The molecule has 2 rings (SSSR count). The summed E-state index contributed by atoms with van der Waals surface area (Å²) in [6.07, 6.45) is 4.36. The van der Waals surface area contributed by atoms with Gasteiger partial charge in [0, 0.05) is 5.69 Å². The normalized spacial score (nSPS) is 18.3. The van der Waals surface area contributed by atoms with Crippen molar-refractivity contribution in [3.8, 4) is 0 Å². The van der Waals surface area contributed by atoms with Gasteiger partial charge < -0.3 is 21.6 Å². The lowest BCUT2D eigenvalue weighted by atomic mass is 9.81. The first kappa shape index (κ1) is 14.2. The summed E-state index contributed by atoms with van der Waals surface area (Å²) in [4.78, 5) is 12.1. The van der Waals surface area contributed by atoms with E-state index in [1.165, 1.54) is 0 Å². The molecule has 0 saturated heterocycles. The molecule has 1 aromatic rings. The summed E-state index contributed by atoms with van der Waals surface area (Å²) in [5.74, 6) is 0.0698. The van der Waals surface area contributed by atoms with Gasteiger partial charge in [0.2, 0.25) is 0 Å². The van der Waals surface area contributed by atoms with Crippen LogP contribution in [0.2, 0.25) is 0 Å². The van der Waals surface area contributed by atoms with Gasteiger partial charge in [-0.15, -0.1) is 0 Å². The average molecular weight is 276 g/mol. The highest BCUT2D eigenvalue weighted by atomic mass is 16.4. The summed E-state index contributed by atoms with van der Waals surface area (Å²) in [5, 5.41) is 17.7. The third-order valence-corrected chi connectivity index (χ3v) is 3.69. The van der Waals surface area contributed by atoms with E-state index in [9.17, 15) is 4.79 Å². The van der Waals surface area contributed by atoms with Gasteiger partial charge in [0.05, 0.1) is 0 Å². The van der Waals surface area contributed by atoms with Crippen LogP contribution < -0.4 is 16.4 Å². The molecular formula is C14H20N4O2. The Morgan fingerprint density at radius 3 is 2.45 bits per heavy atom. The minimum Gasteiger partial charge on any atom is -0.409 e. The van der Waals surface area contributed by atoms with Gasteiger partial charge in [0.25, 0.3) is 0 Å². The monoisotopic (exact) mass is 276 g/mol. The SMILES string of the molecule is N/C(=N/O)C1(NC(=O)Nc2ccccc2)CCCCC1. The fourth-order valence-electron chi connectivity index (χ4n) is 2.60. The lowest BCUT2D eigenvalue weighted by molar-refractivity contribution is 0.233. The number of rotatable bonds is 3. The average Bonchev–Trinajstić information content (AvgIpc) is 2.48. The molecule has 1 aliphatic rings. The molecule has 6 nitrogen and oxygen atoms in total. The first-order valence-electron chi connectivity index (χ1n) is 6.78. The van der Waals surface area contributed by atoms with Gasteiger partial charge in [0.15, 0.2) is 5.84 Å². The number of oxime groups is 1. The molecule has 108 valence electrons. The summed E-state index contributed by atoms with van der Waals surface area (Å²) in [6, 6.07) is 8.82. The van der Waals surface area contributed by atoms with Gasteiger partial charge >= 0.3 is 6.03 Å². The standard InChI is InChI=1S/C14H20N4O2/c15-12(18-20)14(9-5-2-6-10-14)17-13(19)16-11-7-3-1-4-8-11/h1,3-4,7-8,20H,2,5-6,9-10H2,(H2,15,18)(H2,16,17,19). The van der Waals surface area contributed by atoms with Crippen molar-refractivity contribution in [1.29, 1.82) is 0 Å². The maximum Gasteiger partial charge on any atom is 0.320 e. The number of urea groups is 1. The number of nitrogens with two attached hydrogens (primary N) is 1. The van der Waals surface area contributed by atoms with Crippen LogP contribution in [-0.4, -0.2) is 22.6 Å². The van der Waals surface area contributed by atoms with Crippen LogP contribution in [0.15, 0.2) is 35.5 Å². The quantitative estimate of drug-likeness (QED) is 0.295. The van der Waals surface area contributed by atoms with E-state index in [0.717, 1.165) is 19.3 Å². The molecule has 5 N–H and O–H groups in total. The van der Waals surface area contributed by atoms with Crippen molar-refractivity contribution in [2.75, 3.05) is 5.32 Å². The van der Waals surface area contributed by atoms with Gasteiger partial charge in [-0.2, -0.15) is 0 Å². The number of nitrogens with zero attached hydrogens (tertiary/aromatic N) is 1. The number of anilines is 1. The van der Waals surface area contributed by atoms with E-state index in [0.29, 0.717) is 18.5 Å². The van der Waals surface area contributed by atoms with Gasteiger partial charge in [-0.05, 0) is 25.0 Å². The second-order valence-electron chi connectivity index (χ2n) is 5.07. The molecule has 1 aromatic carbocycles. The first-order chi connectivity index (χ1) is 9.66. The number of amides is 2. The summed E-state index contributed by atoms with van der Waals surface area (Å²) >= 11 is 0. The zero-order chi connectivity index (χ0) is 14.4. The molecule has 1 aliphatic carbocycles. The van der Waals surface area contributed by atoms with Gasteiger partial charge in [-0.1, -0.05) is 42.6 Å². The Bertz CT molecular complexity index is 481. The first-order valence-corrected chi connectivity index (χ1v) is 6.78. The molecule has 0 atom stereocenters. The molecule has 0 spiro atoms. The van der Waals surface area contributed by atoms with Crippen molar-refractivity contribution in [2.24, 2.45) is 10.9 Å². The molecule has 1 fully saturated rings. The Balaban J connectivity index is 2.06. The van der Waals surface area contributed by atoms with Crippen LogP contribution in [0.25, 0.3) is 0 Å². The van der Waals surface area contributed by atoms with Crippen LogP contribution in [0.3, 0.4) is 0 Å². The zero-order valence-corrected chi connectivity index (χ0v) is 11.3.